The van der Waals surface area contributed by atoms with Gasteiger partial charge in [0.05, 0.1) is 4.90 Å². The number of amides is 1. The standard InChI is InChI=1S/C20H18F3N3O4S2/c21-20(22,23)10-3-11-26(17-12-14-4-1-2-5-16(14)31-17)32(28,29)15-8-6-13(7-9-15)18-24-19(27)30-25-18/h1-2,4-9,12,18,25H,3,10-11H2,(H,24,27). The minimum Gasteiger partial charge on any atom is -0.351 e. The number of hydrogen-bond acceptors (Lipinski definition) is 6. The number of alkyl halides is 3. The third-order valence-electron chi connectivity index (χ3n) is 4.81. The van der Waals surface area contributed by atoms with Crippen LogP contribution >= 0.6 is 11.3 Å². The first kappa shape index (κ1) is 22.4. The Morgan fingerprint density at radius 1 is 1.09 bits per heavy atom. The molecule has 0 bridgehead atoms. The molecule has 12 heteroatoms. The predicted octanol–water partition coefficient (Wildman–Crippen LogP) is 4.68. The van der Waals surface area contributed by atoms with Crippen LogP contribution in [0.4, 0.5) is 23.0 Å². The van der Waals surface area contributed by atoms with E-state index in [1.807, 2.05) is 18.2 Å². The zero-order chi connectivity index (χ0) is 22.9. The van der Waals surface area contributed by atoms with Crippen LogP contribution in [-0.4, -0.2) is 27.2 Å². The van der Waals surface area contributed by atoms with Gasteiger partial charge in [0.2, 0.25) is 0 Å². The molecule has 1 aliphatic heterocycles. The van der Waals surface area contributed by atoms with Crippen molar-refractivity contribution in [2.24, 2.45) is 0 Å². The van der Waals surface area contributed by atoms with E-state index in [2.05, 4.69) is 15.6 Å². The third kappa shape index (κ3) is 4.81. The molecular formula is C20H18F3N3O4S2. The van der Waals surface area contributed by atoms with E-state index in [0.29, 0.717) is 10.6 Å². The summed E-state index contributed by atoms with van der Waals surface area (Å²) in [6.45, 7) is -0.315. The zero-order valence-corrected chi connectivity index (χ0v) is 18.1. The monoisotopic (exact) mass is 485 g/mol. The first-order valence-electron chi connectivity index (χ1n) is 9.54. The number of sulfonamides is 1. The molecule has 2 aromatic carbocycles. The smallest absolute Gasteiger partial charge is 0.351 e. The molecular weight excluding hydrogens is 467 g/mol. The summed E-state index contributed by atoms with van der Waals surface area (Å²) < 4.78 is 66.7. The SMILES string of the molecule is O=C1NC(c2ccc(S(=O)(=O)N(CCCC(F)(F)F)c3cc4ccccc4s3)cc2)NO1. The predicted molar refractivity (Wildman–Crippen MR) is 114 cm³/mol. The van der Waals surface area contributed by atoms with Gasteiger partial charge in [0.15, 0.2) is 0 Å². The third-order valence-corrected chi connectivity index (χ3v) is 7.89. The van der Waals surface area contributed by atoms with Gasteiger partial charge in [0.25, 0.3) is 10.0 Å². The number of hydrogen-bond donors (Lipinski definition) is 2. The van der Waals surface area contributed by atoms with E-state index in [0.717, 1.165) is 14.4 Å². The second-order valence-electron chi connectivity index (χ2n) is 7.07. The van der Waals surface area contributed by atoms with Crippen molar-refractivity contribution in [3.8, 4) is 0 Å². The molecule has 7 nitrogen and oxygen atoms in total. The molecule has 1 atom stereocenters. The Hall–Kier alpha value is -2.83. The number of fused-ring (bicyclic) bond motifs is 1. The average molecular weight is 486 g/mol. The number of nitrogens with one attached hydrogen (secondary N) is 2. The van der Waals surface area contributed by atoms with E-state index in [1.54, 1.807) is 12.1 Å². The summed E-state index contributed by atoms with van der Waals surface area (Å²) in [6.07, 6.45) is -7.13. The Kier molecular flexibility index (Phi) is 6.01. The molecule has 4 rings (SSSR count). The van der Waals surface area contributed by atoms with Crippen molar-refractivity contribution in [1.82, 2.24) is 10.8 Å². The molecule has 2 N–H and O–H groups in total. The van der Waals surface area contributed by atoms with Crippen LogP contribution in [0.2, 0.25) is 0 Å². The lowest BCUT2D eigenvalue weighted by molar-refractivity contribution is -0.134. The first-order valence-corrected chi connectivity index (χ1v) is 11.8. The van der Waals surface area contributed by atoms with Crippen LogP contribution < -0.4 is 15.1 Å². The Bertz CT molecular complexity index is 1190. The van der Waals surface area contributed by atoms with Crippen LogP contribution in [0.25, 0.3) is 10.1 Å². The summed E-state index contributed by atoms with van der Waals surface area (Å²) in [6, 6.07) is 14.6. The van der Waals surface area contributed by atoms with Crippen LogP contribution in [0.5, 0.6) is 0 Å². The van der Waals surface area contributed by atoms with Crippen molar-refractivity contribution >= 4 is 42.5 Å². The van der Waals surface area contributed by atoms with Crippen LogP contribution in [0.3, 0.4) is 0 Å². The van der Waals surface area contributed by atoms with E-state index < -0.39 is 34.9 Å². The molecule has 1 aromatic heterocycles. The highest BCUT2D eigenvalue weighted by Crippen LogP contribution is 2.36. The molecule has 2 heterocycles. The summed E-state index contributed by atoms with van der Waals surface area (Å²) in [7, 11) is -4.13. The van der Waals surface area contributed by atoms with Gasteiger partial charge in [-0.1, -0.05) is 30.3 Å². The van der Waals surface area contributed by atoms with Gasteiger partial charge in [0, 0.05) is 17.7 Å². The molecule has 0 spiro atoms. The Morgan fingerprint density at radius 2 is 1.81 bits per heavy atom. The number of nitrogens with zero attached hydrogens (tertiary/aromatic N) is 1. The number of thiophene rings is 1. The van der Waals surface area contributed by atoms with Crippen LogP contribution in [0.15, 0.2) is 59.5 Å². The number of carbonyl (C=O) groups excluding carboxylic acids is 1. The molecule has 1 aliphatic rings. The van der Waals surface area contributed by atoms with Crippen molar-refractivity contribution in [2.75, 3.05) is 10.8 Å². The highest BCUT2D eigenvalue weighted by Gasteiger charge is 2.31. The quantitative estimate of drug-likeness (QED) is 0.507. The fourth-order valence-electron chi connectivity index (χ4n) is 3.26. The minimum absolute atomic E-state index is 0.0732. The fraction of sp³-hybridized carbons (Fsp3) is 0.250. The summed E-state index contributed by atoms with van der Waals surface area (Å²) in [4.78, 5) is 15.7. The van der Waals surface area contributed by atoms with Gasteiger partial charge in [-0.05, 0) is 41.6 Å². The van der Waals surface area contributed by atoms with Gasteiger partial charge in [0.1, 0.15) is 11.2 Å². The summed E-state index contributed by atoms with van der Waals surface area (Å²) in [5.74, 6) is 0. The minimum atomic E-state index is -4.38. The molecule has 3 aromatic rings. The molecule has 0 radical (unpaired) electrons. The Labute approximate surface area is 185 Å². The highest BCUT2D eigenvalue weighted by atomic mass is 32.2. The molecule has 1 fully saturated rings. The molecule has 32 heavy (non-hydrogen) atoms. The first-order chi connectivity index (χ1) is 15.1. The summed E-state index contributed by atoms with van der Waals surface area (Å²) in [5, 5.41) is 3.65. The fourth-order valence-corrected chi connectivity index (χ4v) is 6.06. The number of anilines is 1. The van der Waals surface area contributed by atoms with Gasteiger partial charge in [-0.3, -0.25) is 9.62 Å². The number of halogens is 3. The second-order valence-corrected chi connectivity index (χ2v) is 10.00. The van der Waals surface area contributed by atoms with Crippen LogP contribution in [-0.2, 0) is 14.9 Å². The molecule has 1 unspecified atom stereocenters. The maximum atomic E-state index is 13.4. The normalized spacial score (nSPS) is 16.7. The lowest BCUT2D eigenvalue weighted by atomic mass is 10.2. The maximum Gasteiger partial charge on any atom is 0.427 e. The Balaban J connectivity index is 1.64. The Morgan fingerprint density at radius 3 is 2.44 bits per heavy atom. The molecule has 170 valence electrons. The van der Waals surface area contributed by atoms with Crippen molar-refractivity contribution in [1.29, 1.82) is 0 Å². The number of benzene rings is 2. The lowest BCUT2D eigenvalue weighted by Gasteiger charge is -2.23. The van der Waals surface area contributed by atoms with Crippen LogP contribution in [0, 0.1) is 0 Å². The zero-order valence-electron chi connectivity index (χ0n) is 16.4. The van der Waals surface area contributed by atoms with Crippen molar-refractivity contribution in [2.45, 2.75) is 30.1 Å². The molecule has 0 aliphatic carbocycles. The number of carbonyl (C=O) groups is 1. The van der Waals surface area contributed by atoms with Gasteiger partial charge in [-0.2, -0.15) is 13.2 Å². The van der Waals surface area contributed by atoms with Crippen molar-refractivity contribution in [3.63, 3.8) is 0 Å². The van der Waals surface area contributed by atoms with E-state index in [1.165, 1.54) is 35.6 Å². The lowest BCUT2D eigenvalue weighted by Crippen LogP contribution is -2.32. The van der Waals surface area contributed by atoms with E-state index in [4.69, 9.17) is 0 Å². The summed E-state index contributed by atoms with van der Waals surface area (Å²) in [5.41, 5.74) is 3.02. The number of hydroxylamine groups is 1. The highest BCUT2D eigenvalue weighted by molar-refractivity contribution is 7.93. The largest absolute Gasteiger partial charge is 0.427 e. The van der Waals surface area contributed by atoms with Gasteiger partial charge in [-0.25, -0.2) is 13.2 Å². The summed E-state index contributed by atoms with van der Waals surface area (Å²) >= 11 is 1.20. The van der Waals surface area contributed by atoms with Gasteiger partial charge >= 0.3 is 12.3 Å². The van der Waals surface area contributed by atoms with Gasteiger partial charge < -0.3 is 4.84 Å². The van der Waals surface area contributed by atoms with Gasteiger partial charge in [-0.15, -0.1) is 16.8 Å². The van der Waals surface area contributed by atoms with Crippen molar-refractivity contribution in [3.05, 3.63) is 60.2 Å². The van der Waals surface area contributed by atoms with E-state index >= 15 is 0 Å². The average Bonchev–Trinajstić information content (AvgIpc) is 3.36. The molecule has 1 saturated heterocycles. The van der Waals surface area contributed by atoms with E-state index in [9.17, 15) is 26.4 Å². The van der Waals surface area contributed by atoms with Crippen LogP contribution in [0.1, 0.15) is 24.6 Å². The number of rotatable bonds is 7. The molecule has 1 amide bonds. The molecule has 0 saturated carbocycles. The van der Waals surface area contributed by atoms with E-state index in [-0.39, 0.29) is 17.9 Å². The second kappa shape index (κ2) is 8.60. The maximum absolute atomic E-state index is 13.4. The topological polar surface area (TPSA) is 87.7 Å². The van der Waals surface area contributed by atoms with Crippen molar-refractivity contribution < 1.29 is 31.2 Å².